The minimum atomic E-state index is 0.0796. The van der Waals surface area contributed by atoms with Crippen LogP contribution in [-0.4, -0.2) is 63.1 Å². The molecule has 2 aromatic rings. The normalized spacial score (nSPS) is 21.2. The Balaban J connectivity index is 1.17. The number of aromatic nitrogens is 3. The van der Waals surface area contributed by atoms with E-state index < -0.39 is 0 Å². The molecule has 0 spiro atoms. The molecule has 2 fully saturated rings. The van der Waals surface area contributed by atoms with Crippen LogP contribution in [0.5, 0.6) is 0 Å². The Morgan fingerprint density at radius 3 is 2.64 bits per heavy atom. The van der Waals surface area contributed by atoms with E-state index in [0.717, 1.165) is 64.4 Å². The van der Waals surface area contributed by atoms with Crippen LogP contribution in [0.2, 0.25) is 0 Å². The van der Waals surface area contributed by atoms with Gasteiger partial charge in [-0.15, -0.1) is 0 Å². The average Bonchev–Trinajstić information content (AvgIpc) is 3.37. The second-order valence-electron chi connectivity index (χ2n) is 8.09. The van der Waals surface area contributed by atoms with Gasteiger partial charge >= 0.3 is 6.03 Å². The maximum absolute atomic E-state index is 12.6. The van der Waals surface area contributed by atoms with Crippen LogP contribution in [0.25, 0.3) is 0 Å². The summed E-state index contributed by atoms with van der Waals surface area (Å²) >= 11 is 0. The molecule has 4 rings (SSSR count). The van der Waals surface area contributed by atoms with Crippen LogP contribution in [0.4, 0.5) is 4.79 Å². The Labute approximate surface area is 166 Å². The van der Waals surface area contributed by atoms with Crippen LogP contribution in [0, 0.1) is 5.92 Å². The molecule has 1 atom stereocenters. The smallest absolute Gasteiger partial charge is 0.317 e. The number of aryl methyl sites for hydroxylation is 1. The highest BCUT2D eigenvalue weighted by atomic mass is 16.2. The third kappa shape index (κ3) is 4.52. The second kappa shape index (κ2) is 8.73. The molecule has 0 radical (unpaired) electrons. The number of nitrogens with zero attached hydrogens (tertiary/aromatic N) is 5. The fourth-order valence-electron chi connectivity index (χ4n) is 4.36. The van der Waals surface area contributed by atoms with Gasteiger partial charge in [0.05, 0.1) is 0 Å². The molecule has 0 aromatic carbocycles. The topological polar surface area (TPSA) is 66.3 Å². The Morgan fingerprint density at radius 1 is 1.14 bits per heavy atom. The molecule has 0 bridgehead atoms. The minimum Gasteiger partial charge on any atom is -0.338 e. The molecule has 2 saturated heterocycles. The highest BCUT2D eigenvalue weighted by molar-refractivity contribution is 5.74. The SMILES string of the molecule is Cn1ccnc1[C@H]1CCN(C(=O)NCC2CCN(Cc3ccncc3)CC2)C1. The monoisotopic (exact) mass is 382 g/mol. The number of carbonyl (C=O) groups is 1. The van der Waals surface area contributed by atoms with Crippen molar-refractivity contribution < 1.29 is 4.79 Å². The number of carbonyl (C=O) groups excluding carboxylic acids is 1. The van der Waals surface area contributed by atoms with Gasteiger partial charge in [0.25, 0.3) is 0 Å². The van der Waals surface area contributed by atoms with Crippen molar-refractivity contribution in [2.24, 2.45) is 13.0 Å². The minimum absolute atomic E-state index is 0.0796. The molecule has 0 saturated carbocycles. The first-order chi connectivity index (χ1) is 13.7. The zero-order chi connectivity index (χ0) is 19.3. The van der Waals surface area contributed by atoms with Crippen molar-refractivity contribution in [3.63, 3.8) is 0 Å². The van der Waals surface area contributed by atoms with E-state index in [1.54, 1.807) is 0 Å². The summed E-state index contributed by atoms with van der Waals surface area (Å²) in [4.78, 5) is 25.5. The lowest BCUT2D eigenvalue weighted by atomic mass is 9.96. The van der Waals surface area contributed by atoms with Gasteiger partial charge in [0, 0.05) is 63.9 Å². The summed E-state index contributed by atoms with van der Waals surface area (Å²) in [6.45, 7) is 5.53. The van der Waals surface area contributed by atoms with Gasteiger partial charge in [-0.1, -0.05) is 0 Å². The van der Waals surface area contributed by atoms with Gasteiger partial charge < -0.3 is 14.8 Å². The Morgan fingerprint density at radius 2 is 1.93 bits per heavy atom. The van der Waals surface area contributed by atoms with Crippen LogP contribution in [0.3, 0.4) is 0 Å². The number of amides is 2. The van der Waals surface area contributed by atoms with Crippen molar-refractivity contribution >= 4 is 6.03 Å². The van der Waals surface area contributed by atoms with Crippen LogP contribution >= 0.6 is 0 Å². The standard InChI is InChI=1S/C21H30N6O/c1-25-13-9-23-20(25)19-6-12-27(16-19)21(28)24-14-17-4-10-26(11-5-17)15-18-2-7-22-8-3-18/h2-3,7-9,13,17,19H,4-6,10-12,14-16H2,1H3,(H,24,28)/t19-/m0/s1. The molecule has 2 aliphatic heterocycles. The molecule has 1 N–H and O–H groups in total. The molecule has 2 amide bonds. The summed E-state index contributed by atoms with van der Waals surface area (Å²) in [7, 11) is 2.02. The summed E-state index contributed by atoms with van der Waals surface area (Å²) in [6.07, 6.45) is 10.8. The summed E-state index contributed by atoms with van der Waals surface area (Å²) in [6, 6.07) is 4.25. The fraction of sp³-hybridized carbons (Fsp3) is 0.571. The molecule has 0 unspecified atom stereocenters. The van der Waals surface area contributed by atoms with E-state index in [2.05, 4.69) is 36.9 Å². The molecule has 0 aliphatic carbocycles. The van der Waals surface area contributed by atoms with Crippen molar-refractivity contribution in [1.29, 1.82) is 0 Å². The molecular formula is C21H30N6O. The number of hydrogen-bond donors (Lipinski definition) is 1. The molecule has 2 aromatic heterocycles. The number of imidazole rings is 1. The average molecular weight is 383 g/mol. The lowest BCUT2D eigenvalue weighted by molar-refractivity contribution is 0.170. The molecular weight excluding hydrogens is 352 g/mol. The number of likely N-dealkylation sites (tertiary alicyclic amines) is 2. The van der Waals surface area contributed by atoms with Crippen molar-refractivity contribution in [2.45, 2.75) is 31.7 Å². The van der Waals surface area contributed by atoms with Gasteiger partial charge in [0.2, 0.25) is 0 Å². The van der Waals surface area contributed by atoms with Gasteiger partial charge in [-0.05, 0) is 56.0 Å². The maximum Gasteiger partial charge on any atom is 0.317 e. The molecule has 7 heteroatoms. The Kier molecular flexibility index (Phi) is 5.90. The van der Waals surface area contributed by atoms with E-state index in [9.17, 15) is 4.79 Å². The van der Waals surface area contributed by atoms with E-state index in [-0.39, 0.29) is 6.03 Å². The first-order valence-electron chi connectivity index (χ1n) is 10.3. The van der Waals surface area contributed by atoms with Crippen LogP contribution < -0.4 is 5.32 Å². The van der Waals surface area contributed by atoms with E-state index in [0.29, 0.717) is 11.8 Å². The number of hydrogen-bond acceptors (Lipinski definition) is 4. The van der Waals surface area contributed by atoms with Crippen molar-refractivity contribution in [3.05, 3.63) is 48.3 Å². The highest BCUT2D eigenvalue weighted by Gasteiger charge is 2.30. The summed E-state index contributed by atoms with van der Waals surface area (Å²) in [5.74, 6) is 2.00. The van der Waals surface area contributed by atoms with E-state index in [4.69, 9.17) is 0 Å². The summed E-state index contributed by atoms with van der Waals surface area (Å²) in [5, 5.41) is 3.17. The first-order valence-corrected chi connectivity index (χ1v) is 10.3. The Hall–Kier alpha value is -2.41. The lowest BCUT2D eigenvalue weighted by Crippen LogP contribution is -2.43. The number of nitrogens with one attached hydrogen (secondary N) is 1. The van der Waals surface area contributed by atoms with Gasteiger partial charge in [0.15, 0.2) is 0 Å². The van der Waals surface area contributed by atoms with E-state index in [1.165, 1.54) is 5.56 Å². The molecule has 150 valence electrons. The maximum atomic E-state index is 12.6. The predicted molar refractivity (Wildman–Crippen MR) is 108 cm³/mol. The zero-order valence-electron chi connectivity index (χ0n) is 16.6. The molecule has 2 aliphatic rings. The molecule has 7 nitrogen and oxygen atoms in total. The number of rotatable bonds is 5. The van der Waals surface area contributed by atoms with Gasteiger partial charge in [0.1, 0.15) is 5.82 Å². The number of urea groups is 1. The second-order valence-corrected chi connectivity index (χ2v) is 8.09. The zero-order valence-corrected chi connectivity index (χ0v) is 16.6. The number of pyridine rings is 1. The van der Waals surface area contributed by atoms with Gasteiger partial charge in [-0.3, -0.25) is 9.88 Å². The molecule has 28 heavy (non-hydrogen) atoms. The van der Waals surface area contributed by atoms with Crippen LogP contribution in [0.15, 0.2) is 36.9 Å². The largest absolute Gasteiger partial charge is 0.338 e. The van der Waals surface area contributed by atoms with Gasteiger partial charge in [-0.25, -0.2) is 9.78 Å². The third-order valence-electron chi connectivity index (χ3n) is 6.10. The lowest BCUT2D eigenvalue weighted by Gasteiger charge is -2.32. The third-order valence-corrected chi connectivity index (χ3v) is 6.10. The van der Waals surface area contributed by atoms with Crippen LogP contribution in [-0.2, 0) is 13.6 Å². The van der Waals surface area contributed by atoms with Crippen LogP contribution in [0.1, 0.15) is 36.6 Å². The Bertz CT molecular complexity index is 768. The van der Waals surface area contributed by atoms with Crippen molar-refractivity contribution in [1.82, 2.24) is 29.7 Å². The summed E-state index contributed by atoms with van der Waals surface area (Å²) in [5.41, 5.74) is 1.32. The fourth-order valence-corrected chi connectivity index (χ4v) is 4.36. The quantitative estimate of drug-likeness (QED) is 0.861. The number of piperidine rings is 1. The van der Waals surface area contributed by atoms with Crippen molar-refractivity contribution in [2.75, 3.05) is 32.7 Å². The van der Waals surface area contributed by atoms with E-state index >= 15 is 0 Å². The van der Waals surface area contributed by atoms with Crippen molar-refractivity contribution in [3.8, 4) is 0 Å². The van der Waals surface area contributed by atoms with Gasteiger partial charge in [-0.2, -0.15) is 0 Å². The summed E-state index contributed by atoms with van der Waals surface area (Å²) < 4.78 is 2.06. The predicted octanol–water partition coefficient (Wildman–Crippen LogP) is 2.23. The first kappa shape index (κ1) is 18.9. The highest BCUT2D eigenvalue weighted by Crippen LogP contribution is 2.25. The van der Waals surface area contributed by atoms with E-state index in [1.807, 2.05) is 36.7 Å². The molecule has 4 heterocycles.